The van der Waals surface area contributed by atoms with E-state index in [9.17, 15) is 9.59 Å². The van der Waals surface area contributed by atoms with Crippen LogP contribution < -0.4 is 11.5 Å². The first kappa shape index (κ1) is 19.6. The molecular formula is C16H24N2O4. The third kappa shape index (κ3) is 5.95. The Labute approximate surface area is 130 Å². The van der Waals surface area contributed by atoms with Crippen LogP contribution in [0.5, 0.6) is 0 Å². The number of nitrogens with two attached hydrogens (primary N) is 2. The summed E-state index contributed by atoms with van der Waals surface area (Å²) in [6.45, 7) is 5.11. The fraction of sp³-hybridized carbons (Fsp3) is 0.438. The molecule has 0 saturated carbocycles. The van der Waals surface area contributed by atoms with E-state index in [1.54, 1.807) is 12.1 Å². The van der Waals surface area contributed by atoms with Crippen molar-refractivity contribution in [3.05, 3.63) is 34.4 Å². The number of carbonyl (C=O) groups is 3. The Kier molecular flexibility index (Phi) is 8.52. The van der Waals surface area contributed by atoms with E-state index in [0.29, 0.717) is 23.1 Å². The highest BCUT2D eigenvalue weighted by molar-refractivity contribution is 6.02. The molecule has 0 atom stereocenters. The van der Waals surface area contributed by atoms with E-state index >= 15 is 0 Å². The smallest absolute Gasteiger partial charge is 0.300 e. The Morgan fingerprint density at radius 3 is 1.86 bits per heavy atom. The number of carboxylic acid groups (broad SMARTS) is 1. The Morgan fingerprint density at radius 1 is 1.00 bits per heavy atom. The Bertz CT molecular complexity index is 549. The van der Waals surface area contributed by atoms with E-state index in [4.69, 9.17) is 21.4 Å². The third-order valence-corrected chi connectivity index (χ3v) is 2.93. The van der Waals surface area contributed by atoms with Crippen LogP contribution in [0, 0.1) is 0 Å². The Morgan fingerprint density at radius 2 is 1.50 bits per heavy atom. The maximum absolute atomic E-state index is 11.6. The zero-order chi connectivity index (χ0) is 17.3. The average Bonchev–Trinajstić information content (AvgIpc) is 2.38. The largest absolute Gasteiger partial charge is 0.481 e. The van der Waals surface area contributed by atoms with Gasteiger partial charge in [0.15, 0.2) is 0 Å². The molecule has 22 heavy (non-hydrogen) atoms. The first-order chi connectivity index (χ1) is 10.3. The van der Waals surface area contributed by atoms with Crippen LogP contribution in [0.2, 0.25) is 0 Å². The molecule has 6 nitrogen and oxygen atoms in total. The van der Waals surface area contributed by atoms with Crippen LogP contribution in [0.25, 0.3) is 0 Å². The minimum absolute atomic E-state index is 0.408. The molecular weight excluding hydrogens is 284 g/mol. The van der Waals surface area contributed by atoms with Gasteiger partial charge in [-0.2, -0.15) is 0 Å². The van der Waals surface area contributed by atoms with Crippen molar-refractivity contribution < 1.29 is 19.5 Å². The summed E-state index contributed by atoms with van der Waals surface area (Å²) in [5, 5.41) is 7.42. The van der Waals surface area contributed by atoms with Crippen molar-refractivity contribution in [1.29, 1.82) is 0 Å². The number of rotatable bonds is 6. The number of carboxylic acids is 1. The van der Waals surface area contributed by atoms with E-state index < -0.39 is 17.8 Å². The van der Waals surface area contributed by atoms with Gasteiger partial charge < -0.3 is 16.6 Å². The minimum Gasteiger partial charge on any atom is -0.481 e. The van der Waals surface area contributed by atoms with Crippen molar-refractivity contribution in [2.45, 2.75) is 46.5 Å². The number of amides is 2. The molecule has 1 aromatic carbocycles. The molecule has 1 rings (SSSR count). The van der Waals surface area contributed by atoms with Gasteiger partial charge in [-0.15, -0.1) is 0 Å². The molecule has 0 aliphatic rings. The molecule has 1 aromatic rings. The summed E-state index contributed by atoms with van der Waals surface area (Å²) < 4.78 is 0. The van der Waals surface area contributed by atoms with Gasteiger partial charge in [0.05, 0.1) is 0 Å². The van der Waals surface area contributed by atoms with Gasteiger partial charge in [-0.05, 0) is 30.0 Å². The highest BCUT2D eigenvalue weighted by Gasteiger charge is 2.18. The number of aliphatic carboxylic acids is 1. The monoisotopic (exact) mass is 308 g/mol. The van der Waals surface area contributed by atoms with Gasteiger partial charge in [-0.1, -0.05) is 32.8 Å². The zero-order valence-electron chi connectivity index (χ0n) is 13.3. The van der Waals surface area contributed by atoms with Gasteiger partial charge in [-0.25, -0.2) is 0 Å². The van der Waals surface area contributed by atoms with E-state index in [2.05, 4.69) is 0 Å². The van der Waals surface area contributed by atoms with Crippen molar-refractivity contribution in [3.8, 4) is 0 Å². The highest BCUT2D eigenvalue weighted by atomic mass is 16.4. The molecule has 0 spiro atoms. The second-order valence-corrected chi connectivity index (χ2v) is 4.87. The molecule has 0 radical (unpaired) electrons. The summed E-state index contributed by atoms with van der Waals surface area (Å²) in [6, 6.07) is 3.48. The van der Waals surface area contributed by atoms with Crippen LogP contribution in [0.3, 0.4) is 0 Å². The Balaban J connectivity index is 0.000000980. The van der Waals surface area contributed by atoms with E-state index in [-0.39, 0.29) is 0 Å². The van der Waals surface area contributed by atoms with E-state index in [0.717, 1.165) is 31.7 Å². The molecule has 0 heterocycles. The fourth-order valence-corrected chi connectivity index (χ4v) is 2.22. The molecule has 0 unspecified atom stereocenters. The lowest BCUT2D eigenvalue weighted by Crippen LogP contribution is -2.22. The van der Waals surface area contributed by atoms with Gasteiger partial charge >= 0.3 is 0 Å². The number of hydrogen-bond acceptors (Lipinski definition) is 3. The molecule has 5 N–H and O–H groups in total. The molecule has 0 aromatic heterocycles. The van der Waals surface area contributed by atoms with Crippen molar-refractivity contribution in [2.75, 3.05) is 0 Å². The first-order valence-electron chi connectivity index (χ1n) is 7.20. The molecule has 0 bridgehead atoms. The summed E-state index contributed by atoms with van der Waals surface area (Å²) in [4.78, 5) is 32.0. The lowest BCUT2D eigenvalue weighted by atomic mass is 9.90. The van der Waals surface area contributed by atoms with Crippen LogP contribution in [0.15, 0.2) is 12.1 Å². The second kappa shape index (κ2) is 9.55. The summed E-state index contributed by atoms with van der Waals surface area (Å²) >= 11 is 0. The third-order valence-electron chi connectivity index (χ3n) is 2.93. The van der Waals surface area contributed by atoms with Crippen LogP contribution in [-0.2, 0) is 17.6 Å². The molecule has 122 valence electrons. The standard InChI is InChI=1S/C14H20N2O2.C2H4O2/c1-3-5-9-7-8-11(13(15)17)10(6-4-2)12(9)14(16)18;1-2(3)4/h7-8H,3-6H2,1-2H3,(H2,15,17)(H2,16,18);1H3,(H,3,4). The van der Waals surface area contributed by atoms with Gasteiger partial charge in [0.2, 0.25) is 11.8 Å². The number of aryl methyl sites for hydroxylation is 1. The van der Waals surface area contributed by atoms with Gasteiger partial charge in [0, 0.05) is 18.1 Å². The number of hydrogen-bond donors (Lipinski definition) is 3. The predicted molar refractivity (Wildman–Crippen MR) is 84.8 cm³/mol. The van der Waals surface area contributed by atoms with Crippen molar-refractivity contribution >= 4 is 17.8 Å². The van der Waals surface area contributed by atoms with Gasteiger partial charge in [0.1, 0.15) is 0 Å². The molecule has 0 saturated heterocycles. The lowest BCUT2D eigenvalue weighted by molar-refractivity contribution is -0.134. The maximum Gasteiger partial charge on any atom is 0.300 e. The normalized spacial score (nSPS) is 9.59. The van der Waals surface area contributed by atoms with Crippen molar-refractivity contribution in [2.24, 2.45) is 11.5 Å². The number of primary amides is 2. The van der Waals surface area contributed by atoms with Crippen molar-refractivity contribution in [3.63, 3.8) is 0 Å². The molecule has 2 amide bonds. The van der Waals surface area contributed by atoms with Crippen molar-refractivity contribution in [1.82, 2.24) is 0 Å². The topological polar surface area (TPSA) is 123 Å². The second-order valence-electron chi connectivity index (χ2n) is 4.87. The molecule has 0 aliphatic carbocycles. The molecule has 0 aliphatic heterocycles. The number of carbonyl (C=O) groups excluding carboxylic acids is 2. The fourth-order valence-electron chi connectivity index (χ4n) is 2.22. The highest BCUT2D eigenvalue weighted by Crippen LogP contribution is 2.22. The van der Waals surface area contributed by atoms with Crippen LogP contribution in [-0.4, -0.2) is 22.9 Å². The van der Waals surface area contributed by atoms with Crippen LogP contribution in [0.4, 0.5) is 0 Å². The van der Waals surface area contributed by atoms with Crippen LogP contribution in [0.1, 0.15) is 65.5 Å². The first-order valence-corrected chi connectivity index (χ1v) is 7.20. The summed E-state index contributed by atoms with van der Waals surface area (Å²) in [5.41, 5.74) is 13.3. The quantitative estimate of drug-likeness (QED) is 0.742. The van der Waals surface area contributed by atoms with E-state index in [1.165, 1.54) is 0 Å². The van der Waals surface area contributed by atoms with Gasteiger partial charge in [0.25, 0.3) is 5.97 Å². The van der Waals surface area contributed by atoms with E-state index in [1.807, 2.05) is 13.8 Å². The average molecular weight is 308 g/mol. The summed E-state index contributed by atoms with van der Waals surface area (Å²) in [7, 11) is 0. The van der Waals surface area contributed by atoms with Gasteiger partial charge in [-0.3, -0.25) is 14.4 Å². The zero-order valence-corrected chi connectivity index (χ0v) is 13.3. The SMILES string of the molecule is CC(=O)O.CCCc1ccc(C(N)=O)c(CCC)c1C(N)=O. The summed E-state index contributed by atoms with van der Waals surface area (Å²) in [6.07, 6.45) is 3.15. The summed E-state index contributed by atoms with van der Waals surface area (Å²) in [5.74, 6) is -1.83. The molecule has 6 heteroatoms. The lowest BCUT2D eigenvalue weighted by Gasteiger charge is -2.14. The maximum atomic E-state index is 11.6. The predicted octanol–water partition coefficient (Wildman–Crippen LogP) is 1.88. The Hall–Kier alpha value is -2.37. The minimum atomic E-state index is -0.833. The number of benzene rings is 1. The molecule has 0 fully saturated rings. The van der Waals surface area contributed by atoms with Crippen LogP contribution >= 0.6 is 0 Å².